The van der Waals surface area contributed by atoms with Crippen molar-refractivity contribution in [2.45, 2.75) is 25.2 Å². The number of benzene rings is 1. The first-order chi connectivity index (χ1) is 7.74. The van der Waals surface area contributed by atoms with Crippen LogP contribution in [0.15, 0.2) is 18.2 Å². The van der Waals surface area contributed by atoms with Crippen molar-refractivity contribution in [3.8, 4) is 0 Å². The minimum atomic E-state index is 0.465. The van der Waals surface area contributed by atoms with Crippen molar-refractivity contribution < 1.29 is 4.74 Å². The monoisotopic (exact) mass is 257 g/mol. The third-order valence-corrected chi connectivity index (χ3v) is 4.14. The molecule has 1 aromatic rings. The van der Waals surface area contributed by atoms with E-state index < -0.39 is 0 Å². The summed E-state index contributed by atoms with van der Waals surface area (Å²) in [4.78, 5) is 2.38. The summed E-state index contributed by atoms with van der Waals surface area (Å²) in [6.45, 7) is 2.98. The van der Waals surface area contributed by atoms with Gasteiger partial charge in [-0.25, -0.2) is 0 Å². The van der Waals surface area contributed by atoms with Crippen LogP contribution in [0.1, 0.15) is 12.0 Å². The molecule has 2 heterocycles. The summed E-state index contributed by atoms with van der Waals surface area (Å²) in [6.07, 6.45) is 2.14. The predicted molar refractivity (Wildman–Crippen MR) is 65.0 cm³/mol. The lowest BCUT2D eigenvalue weighted by molar-refractivity contribution is 0.237. The van der Waals surface area contributed by atoms with E-state index in [2.05, 4.69) is 4.90 Å². The lowest BCUT2D eigenvalue weighted by Gasteiger charge is -2.24. The van der Waals surface area contributed by atoms with E-state index in [9.17, 15) is 0 Å². The highest BCUT2D eigenvalue weighted by Gasteiger charge is 2.43. The zero-order valence-electron chi connectivity index (χ0n) is 8.83. The normalized spacial score (nSPS) is 28.9. The molecule has 2 aliphatic rings. The standard InChI is InChI=1S/C12H13Cl2NO/c13-9-3-1-2-8(12(9)14)6-15-5-4-10-11(7-15)16-10/h1-3,10-11H,4-7H2/t10-,11+/m0/s1. The summed E-state index contributed by atoms with van der Waals surface area (Å²) in [5.41, 5.74) is 1.10. The van der Waals surface area contributed by atoms with Gasteiger partial charge in [-0.2, -0.15) is 0 Å². The molecule has 0 bridgehead atoms. The largest absolute Gasteiger partial charge is 0.368 e. The summed E-state index contributed by atoms with van der Waals surface area (Å²) in [5, 5.41) is 1.32. The molecule has 3 rings (SSSR count). The molecule has 2 atom stereocenters. The minimum Gasteiger partial charge on any atom is -0.368 e. The third-order valence-electron chi connectivity index (χ3n) is 3.28. The second kappa shape index (κ2) is 4.19. The van der Waals surface area contributed by atoms with Crippen molar-refractivity contribution in [2.24, 2.45) is 0 Å². The van der Waals surface area contributed by atoms with Crippen molar-refractivity contribution in [3.63, 3.8) is 0 Å². The van der Waals surface area contributed by atoms with Gasteiger partial charge in [0.2, 0.25) is 0 Å². The Labute approximate surface area is 105 Å². The van der Waals surface area contributed by atoms with Gasteiger partial charge in [-0.3, -0.25) is 4.90 Å². The van der Waals surface area contributed by atoms with Gasteiger partial charge in [0.1, 0.15) is 0 Å². The van der Waals surface area contributed by atoms with E-state index in [0.717, 1.165) is 31.6 Å². The molecule has 0 spiro atoms. The molecular formula is C12H13Cl2NO. The highest BCUT2D eigenvalue weighted by Crippen LogP contribution is 2.32. The number of hydrogen-bond acceptors (Lipinski definition) is 2. The molecule has 1 aromatic carbocycles. The fourth-order valence-corrected chi connectivity index (χ4v) is 2.68. The number of nitrogens with zero attached hydrogens (tertiary/aromatic N) is 1. The minimum absolute atomic E-state index is 0.465. The van der Waals surface area contributed by atoms with Crippen LogP contribution in [0.2, 0.25) is 10.0 Å². The second-order valence-corrected chi connectivity index (χ2v) is 5.23. The molecule has 0 saturated carbocycles. The Morgan fingerprint density at radius 2 is 2.19 bits per heavy atom. The van der Waals surface area contributed by atoms with E-state index in [-0.39, 0.29) is 0 Å². The maximum Gasteiger partial charge on any atom is 0.0969 e. The SMILES string of the molecule is Clc1cccc(CN2CC[C@@H]3O[C@@H]3C2)c1Cl. The van der Waals surface area contributed by atoms with E-state index in [1.807, 2.05) is 18.2 Å². The summed E-state index contributed by atoms with van der Waals surface area (Å²) < 4.78 is 5.50. The quantitative estimate of drug-likeness (QED) is 0.758. The van der Waals surface area contributed by atoms with Crippen LogP contribution in [-0.2, 0) is 11.3 Å². The number of hydrogen-bond donors (Lipinski definition) is 0. The Bertz CT molecular complexity index is 410. The summed E-state index contributed by atoms with van der Waals surface area (Å²) in [7, 11) is 0. The second-order valence-electron chi connectivity index (χ2n) is 4.45. The number of ether oxygens (including phenoxy) is 1. The number of halogens is 2. The first-order valence-corrected chi connectivity index (χ1v) is 6.30. The number of rotatable bonds is 2. The maximum atomic E-state index is 6.17. The first kappa shape index (κ1) is 10.8. The number of piperidine rings is 1. The molecule has 2 fully saturated rings. The van der Waals surface area contributed by atoms with Gasteiger partial charge in [-0.15, -0.1) is 0 Å². The van der Waals surface area contributed by atoms with Crippen LogP contribution in [0.25, 0.3) is 0 Å². The fourth-order valence-electron chi connectivity index (χ4n) is 2.30. The smallest absolute Gasteiger partial charge is 0.0969 e. The van der Waals surface area contributed by atoms with E-state index in [1.165, 1.54) is 0 Å². The topological polar surface area (TPSA) is 15.8 Å². The predicted octanol–water partition coefficient (Wildman–Crippen LogP) is 2.97. The van der Waals surface area contributed by atoms with E-state index in [1.54, 1.807) is 0 Å². The lowest BCUT2D eigenvalue weighted by atomic mass is 10.1. The number of fused-ring (bicyclic) bond motifs is 1. The zero-order valence-corrected chi connectivity index (χ0v) is 10.3. The molecule has 0 amide bonds. The van der Waals surface area contributed by atoms with Crippen molar-refractivity contribution >= 4 is 23.2 Å². The number of epoxide rings is 1. The molecule has 0 aromatic heterocycles. The van der Waals surface area contributed by atoms with Crippen LogP contribution in [0.3, 0.4) is 0 Å². The van der Waals surface area contributed by atoms with Crippen LogP contribution in [0, 0.1) is 0 Å². The lowest BCUT2D eigenvalue weighted by Crippen LogP contribution is -2.34. The third kappa shape index (κ3) is 2.07. The van der Waals surface area contributed by atoms with Crippen molar-refractivity contribution in [2.75, 3.05) is 13.1 Å². The summed E-state index contributed by atoms with van der Waals surface area (Å²) in [6, 6.07) is 5.81. The average molecular weight is 258 g/mol. The van der Waals surface area contributed by atoms with Gasteiger partial charge in [0.05, 0.1) is 22.3 Å². The van der Waals surface area contributed by atoms with Crippen LogP contribution in [0.5, 0.6) is 0 Å². The first-order valence-electron chi connectivity index (χ1n) is 5.55. The zero-order chi connectivity index (χ0) is 11.1. The van der Waals surface area contributed by atoms with Gasteiger partial charge in [-0.1, -0.05) is 35.3 Å². The van der Waals surface area contributed by atoms with Gasteiger partial charge in [0.15, 0.2) is 0 Å². The summed E-state index contributed by atoms with van der Waals surface area (Å²) in [5.74, 6) is 0. The molecule has 0 radical (unpaired) electrons. The van der Waals surface area contributed by atoms with Crippen LogP contribution in [-0.4, -0.2) is 30.2 Å². The molecule has 2 saturated heterocycles. The van der Waals surface area contributed by atoms with Crippen LogP contribution >= 0.6 is 23.2 Å². The fraction of sp³-hybridized carbons (Fsp3) is 0.500. The van der Waals surface area contributed by atoms with Gasteiger partial charge >= 0.3 is 0 Å². The van der Waals surface area contributed by atoms with Crippen molar-refractivity contribution in [1.82, 2.24) is 4.90 Å². The maximum absolute atomic E-state index is 6.17. The molecule has 4 heteroatoms. The highest BCUT2D eigenvalue weighted by molar-refractivity contribution is 6.42. The van der Waals surface area contributed by atoms with Gasteiger partial charge in [0, 0.05) is 19.6 Å². The van der Waals surface area contributed by atoms with E-state index >= 15 is 0 Å². The van der Waals surface area contributed by atoms with E-state index in [4.69, 9.17) is 27.9 Å². The molecule has 0 N–H and O–H groups in total. The molecule has 0 unspecified atom stereocenters. The Balaban J connectivity index is 1.71. The van der Waals surface area contributed by atoms with Gasteiger partial charge in [-0.05, 0) is 18.1 Å². The Morgan fingerprint density at radius 1 is 1.31 bits per heavy atom. The Morgan fingerprint density at radius 3 is 3.00 bits per heavy atom. The summed E-state index contributed by atoms with van der Waals surface area (Å²) >= 11 is 12.2. The highest BCUT2D eigenvalue weighted by atomic mass is 35.5. The Hall–Kier alpha value is -0.280. The van der Waals surface area contributed by atoms with Gasteiger partial charge in [0.25, 0.3) is 0 Å². The molecule has 2 aliphatic heterocycles. The van der Waals surface area contributed by atoms with Crippen molar-refractivity contribution in [1.29, 1.82) is 0 Å². The van der Waals surface area contributed by atoms with Crippen LogP contribution < -0.4 is 0 Å². The van der Waals surface area contributed by atoms with Crippen LogP contribution in [0.4, 0.5) is 0 Å². The van der Waals surface area contributed by atoms with E-state index in [0.29, 0.717) is 22.3 Å². The van der Waals surface area contributed by atoms with Crippen molar-refractivity contribution in [3.05, 3.63) is 33.8 Å². The number of likely N-dealkylation sites (tertiary alicyclic amines) is 1. The molecular weight excluding hydrogens is 245 g/mol. The average Bonchev–Trinajstić information content (AvgIpc) is 3.03. The molecule has 16 heavy (non-hydrogen) atoms. The molecule has 0 aliphatic carbocycles. The Kier molecular flexibility index (Phi) is 2.84. The van der Waals surface area contributed by atoms with Gasteiger partial charge < -0.3 is 4.74 Å². The molecule has 2 nitrogen and oxygen atoms in total. The molecule has 86 valence electrons.